The molecule has 3 N–H and O–H groups in total. The zero-order chi connectivity index (χ0) is 12.0. The van der Waals surface area contributed by atoms with Gasteiger partial charge in [-0.1, -0.05) is 0 Å². The lowest BCUT2D eigenvalue weighted by atomic mass is 10.2. The minimum Gasteiger partial charge on any atom is -0.480 e. The average Bonchev–Trinajstić information content (AvgIpc) is 2.24. The summed E-state index contributed by atoms with van der Waals surface area (Å²) < 4.78 is 5.03. The van der Waals surface area contributed by atoms with E-state index in [-0.39, 0.29) is 32.2 Å². The number of carbonyl (C=O) groups is 2. The van der Waals surface area contributed by atoms with E-state index >= 15 is 0 Å². The Morgan fingerprint density at radius 2 is 2.31 bits per heavy atom. The van der Waals surface area contributed by atoms with Gasteiger partial charge in [-0.25, -0.2) is 0 Å². The summed E-state index contributed by atoms with van der Waals surface area (Å²) in [5.41, 5.74) is 0. The number of carboxylic acids is 1. The first-order chi connectivity index (χ1) is 7.65. The Hall–Kier alpha value is -1.18. The van der Waals surface area contributed by atoms with Gasteiger partial charge in [0.05, 0.1) is 26.4 Å². The van der Waals surface area contributed by atoms with Gasteiger partial charge in [-0.05, 0) is 0 Å². The van der Waals surface area contributed by atoms with Crippen LogP contribution in [0.5, 0.6) is 0 Å². The number of nitrogens with one attached hydrogen (secondary N) is 1. The van der Waals surface area contributed by atoms with Crippen LogP contribution in [-0.4, -0.2) is 72.5 Å². The van der Waals surface area contributed by atoms with Crippen LogP contribution in [0, 0.1) is 0 Å². The summed E-state index contributed by atoms with van der Waals surface area (Å²) in [6.07, 6.45) is 0. The van der Waals surface area contributed by atoms with Crippen LogP contribution in [0.25, 0.3) is 0 Å². The highest BCUT2D eigenvalue weighted by molar-refractivity contribution is 5.83. The van der Waals surface area contributed by atoms with Crippen LogP contribution < -0.4 is 5.32 Å². The molecule has 1 saturated heterocycles. The van der Waals surface area contributed by atoms with Crippen molar-refractivity contribution in [1.29, 1.82) is 0 Å². The maximum Gasteiger partial charge on any atom is 0.322 e. The van der Waals surface area contributed by atoms with Crippen molar-refractivity contribution in [3.8, 4) is 0 Å². The molecule has 0 bridgehead atoms. The Balaban J connectivity index is 2.38. The summed E-state index contributed by atoms with van der Waals surface area (Å²) in [6, 6.07) is -0.699. The number of ether oxygens (including phenoxy) is 1. The fourth-order valence-electron chi connectivity index (χ4n) is 1.52. The van der Waals surface area contributed by atoms with E-state index in [0.717, 1.165) is 0 Å². The third-order valence-corrected chi connectivity index (χ3v) is 2.32. The van der Waals surface area contributed by atoms with E-state index in [9.17, 15) is 9.59 Å². The molecule has 7 heteroatoms. The van der Waals surface area contributed by atoms with Gasteiger partial charge in [0.15, 0.2) is 0 Å². The predicted molar refractivity (Wildman–Crippen MR) is 53.9 cm³/mol. The highest BCUT2D eigenvalue weighted by atomic mass is 16.5. The van der Waals surface area contributed by atoms with Crippen LogP contribution in [0.3, 0.4) is 0 Å². The maximum atomic E-state index is 11.1. The van der Waals surface area contributed by atoms with E-state index in [4.69, 9.17) is 14.9 Å². The van der Waals surface area contributed by atoms with Crippen molar-refractivity contribution in [2.24, 2.45) is 0 Å². The zero-order valence-electron chi connectivity index (χ0n) is 8.89. The quantitative estimate of drug-likeness (QED) is 0.453. The molecular weight excluding hydrogens is 216 g/mol. The minimum absolute atomic E-state index is 0.0666. The van der Waals surface area contributed by atoms with Crippen molar-refractivity contribution < 1.29 is 24.5 Å². The van der Waals surface area contributed by atoms with E-state index in [2.05, 4.69) is 5.32 Å². The number of nitrogens with zero attached hydrogens (tertiary/aromatic N) is 1. The summed E-state index contributed by atoms with van der Waals surface area (Å²) in [6.45, 7) is 1.01. The molecule has 0 aromatic heterocycles. The average molecular weight is 232 g/mol. The molecule has 0 radical (unpaired) electrons. The fraction of sp³-hybridized carbons (Fsp3) is 0.778. The largest absolute Gasteiger partial charge is 0.480 e. The lowest BCUT2D eigenvalue weighted by Crippen LogP contribution is -2.58. The van der Waals surface area contributed by atoms with Crippen LogP contribution in [0.15, 0.2) is 0 Å². The Kier molecular flexibility index (Phi) is 5.17. The Labute approximate surface area is 93.0 Å². The highest BCUT2D eigenvalue weighted by Crippen LogP contribution is 2.03. The van der Waals surface area contributed by atoms with Crippen molar-refractivity contribution in [2.75, 3.05) is 39.5 Å². The molecule has 1 aliphatic rings. The maximum absolute atomic E-state index is 11.1. The minimum atomic E-state index is -0.956. The van der Waals surface area contributed by atoms with Crippen LogP contribution >= 0.6 is 0 Å². The van der Waals surface area contributed by atoms with Gasteiger partial charge in [0.25, 0.3) is 0 Å². The standard InChI is InChI=1S/C9H16N2O5/c12-2-4-16-3-1-11-6-8(13)10-5-7(11)9(14)15/h7,12H,1-6H2,(H,10,13)(H,14,15). The Morgan fingerprint density at radius 1 is 1.56 bits per heavy atom. The summed E-state index contributed by atoms with van der Waals surface area (Å²) in [4.78, 5) is 23.5. The third kappa shape index (κ3) is 3.76. The van der Waals surface area contributed by atoms with E-state index in [1.165, 1.54) is 0 Å². The van der Waals surface area contributed by atoms with E-state index in [1.54, 1.807) is 4.90 Å². The fourth-order valence-corrected chi connectivity index (χ4v) is 1.52. The van der Waals surface area contributed by atoms with E-state index < -0.39 is 12.0 Å². The summed E-state index contributed by atoms with van der Waals surface area (Å²) in [5.74, 6) is -1.14. The molecular formula is C9H16N2O5. The normalized spacial score (nSPS) is 21.8. The number of piperazine rings is 1. The monoisotopic (exact) mass is 232 g/mol. The summed E-state index contributed by atoms with van der Waals surface area (Å²) in [7, 11) is 0. The number of aliphatic carboxylic acids is 1. The van der Waals surface area contributed by atoms with Crippen molar-refractivity contribution in [3.05, 3.63) is 0 Å². The molecule has 1 atom stereocenters. The van der Waals surface area contributed by atoms with Gasteiger partial charge in [-0.3, -0.25) is 14.5 Å². The molecule has 1 rings (SSSR count). The van der Waals surface area contributed by atoms with Crippen molar-refractivity contribution in [3.63, 3.8) is 0 Å². The van der Waals surface area contributed by atoms with Crippen LogP contribution in [0.1, 0.15) is 0 Å². The molecule has 1 aliphatic heterocycles. The first kappa shape index (κ1) is 12.9. The SMILES string of the molecule is O=C1CN(CCOCCO)C(C(=O)O)CN1. The number of rotatable bonds is 6. The zero-order valence-corrected chi connectivity index (χ0v) is 8.89. The second-order valence-corrected chi connectivity index (χ2v) is 3.46. The Morgan fingerprint density at radius 3 is 2.94 bits per heavy atom. The van der Waals surface area contributed by atoms with Gasteiger partial charge < -0.3 is 20.3 Å². The number of hydrogen-bond donors (Lipinski definition) is 3. The van der Waals surface area contributed by atoms with Gasteiger partial charge >= 0.3 is 5.97 Å². The summed E-state index contributed by atoms with van der Waals surface area (Å²) >= 11 is 0. The van der Waals surface area contributed by atoms with Gasteiger partial charge in [0.2, 0.25) is 5.91 Å². The Bertz CT molecular complexity index is 258. The molecule has 7 nitrogen and oxygen atoms in total. The van der Waals surface area contributed by atoms with E-state index in [1.807, 2.05) is 0 Å². The van der Waals surface area contributed by atoms with Crippen LogP contribution in [0.4, 0.5) is 0 Å². The third-order valence-electron chi connectivity index (χ3n) is 2.32. The van der Waals surface area contributed by atoms with Gasteiger partial charge in [0.1, 0.15) is 6.04 Å². The van der Waals surface area contributed by atoms with Gasteiger partial charge in [-0.2, -0.15) is 0 Å². The smallest absolute Gasteiger partial charge is 0.322 e. The molecule has 0 saturated carbocycles. The highest BCUT2D eigenvalue weighted by Gasteiger charge is 2.31. The molecule has 0 aliphatic carbocycles. The first-order valence-electron chi connectivity index (χ1n) is 5.07. The lowest BCUT2D eigenvalue weighted by Gasteiger charge is -2.32. The molecule has 1 fully saturated rings. The lowest BCUT2D eigenvalue weighted by molar-refractivity contribution is -0.146. The first-order valence-corrected chi connectivity index (χ1v) is 5.07. The molecule has 0 aromatic carbocycles. The van der Waals surface area contributed by atoms with Gasteiger partial charge in [0, 0.05) is 13.1 Å². The molecule has 1 unspecified atom stereocenters. The second-order valence-electron chi connectivity index (χ2n) is 3.46. The number of aliphatic hydroxyl groups excluding tert-OH is 1. The molecule has 92 valence electrons. The van der Waals surface area contributed by atoms with Crippen molar-refractivity contribution >= 4 is 11.9 Å². The predicted octanol–water partition coefficient (Wildman–Crippen LogP) is -2.12. The van der Waals surface area contributed by atoms with Crippen LogP contribution in [0.2, 0.25) is 0 Å². The van der Waals surface area contributed by atoms with Crippen LogP contribution in [-0.2, 0) is 14.3 Å². The molecule has 1 amide bonds. The molecule has 0 aromatic rings. The van der Waals surface area contributed by atoms with Gasteiger partial charge in [-0.15, -0.1) is 0 Å². The van der Waals surface area contributed by atoms with Crippen molar-refractivity contribution in [1.82, 2.24) is 10.2 Å². The molecule has 1 heterocycles. The number of carboxylic acid groups (broad SMARTS) is 1. The second kappa shape index (κ2) is 6.41. The number of amides is 1. The number of hydrogen-bond acceptors (Lipinski definition) is 5. The van der Waals surface area contributed by atoms with E-state index in [0.29, 0.717) is 13.2 Å². The molecule has 16 heavy (non-hydrogen) atoms. The molecule has 0 spiro atoms. The number of carbonyl (C=O) groups excluding carboxylic acids is 1. The van der Waals surface area contributed by atoms with Crippen molar-refractivity contribution in [2.45, 2.75) is 6.04 Å². The number of aliphatic hydroxyl groups is 1. The topological polar surface area (TPSA) is 99.1 Å². The summed E-state index contributed by atoms with van der Waals surface area (Å²) in [5, 5.41) is 19.9.